The Hall–Kier alpha value is -2.10. The second-order valence-electron chi connectivity index (χ2n) is 5.57. The van der Waals surface area contributed by atoms with Crippen molar-refractivity contribution in [2.75, 3.05) is 0 Å². The second kappa shape index (κ2) is 7.78. The van der Waals surface area contributed by atoms with Crippen LogP contribution in [0.15, 0.2) is 36.4 Å². The number of benzene rings is 1. The van der Waals surface area contributed by atoms with Crippen molar-refractivity contribution in [2.45, 2.75) is 46.5 Å². The molecule has 22 heavy (non-hydrogen) atoms. The van der Waals surface area contributed by atoms with Crippen molar-refractivity contribution in [3.8, 4) is 11.6 Å². The molecular formula is C18H24N2O2. The van der Waals surface area contributed by atoms with Gasteiger partial charge < -0.3 is 4.74 Å². The van der Waals surface area contributed by atoms with Crippen molar-refractivity contribution in [3.63, 3.8) is 0 Å². The average Bonchev–Trinajstić information content (AvgIpc) is 2.88. The van der Waals surface area contributed by atoms with Gasteiger partial charge in [0.05, 0.1) is 17.3 Å². The summed E-state index contributed by atoms with van der Waals surface area (Å²) in [6.07, 6.45) is 3.70. The summed E-state index contributed by atoms with van der Waals surface area (Å²) in [5.74, 6) is 0.307. The zero-order valence-corrected chi connectivity index (χ0v) is 13.6. The number of ether oxygens (including phenoxy) is 1. The molecule has 0 saturated carbocycles. The van der Waals surface area contributed by atoms with Gasteiger partial charge in [0.2, 0.25) is 5.88 Å². The number of esters is 1. The number of nitrogens with zero attached hydrogens (tertiary/aromatic N) is 2. The SMILES string of the molecule is CCCC(CCC)C(=O)Oc1cc(C)nn1-c1ccccc1. The van der Waals surface area contributed by atoms with Gasteiger partial charge >= 0.3 is 5.97 Å². The Morgan fingerprint density at radius 3 is 2.41 bits per heavy atom. The summed E-state index contributed by atoms with van der Waals surface area (Å²) in [5, 5.41) is 4.42. The van der Waals surface area contributed by atoms with Gasteiger partial charge in [-0.3, -0.25) is 4.79 Å². The number of aryl methyl sites for hydroxylation is 1. The minimum absolute atomic E-state index is 0.0329. The van der Waals surface area contributed by atoms with Crippen LogP contribution < -0.4 is 4.74 Å². The fraction of sp³-hybridized carbons (Fsp3) is 0.444. The lowest BCUT2D eigenvalue weighted by atomic mass is 9.99. The molecule has 0 spiro atoms. The van der Waals surface area contributed by atoms with Crippen molar-refractivity contribution in [1.82, 2.24) is 9.78 Å². The molecule has 0 unspecified atom stereocenters. The smallest absolute Gasteiger partial charge is 0.315 e. The first-order valence-corrected chi connectivity index (χ1v) is 7.99. The molecule has 4 nitrogen and oxygen atoms in total. The van der Waals surface area contributed by atoms with Gasteiger partial charge in [-0.1, -0.05) is 44.9 Å². The Labute approximate surface area is 132 Å². The van der Waals surface area contributed by atoms with Crippen LogP contribution >= 0.6 is 0 Å². The Morgan fingerprint density at radius 2 is 1.82 bits per heavy atom. The van der Waals surface area contributed by atoms with Crippen LogP contribution in [0.3, 0.4) is 0 Å². The number of rotatable bonds is 7. The summed E-state index contributed by atoms with van der Waals surface area (Å²) in [4.78, 5) is 12.4. The third-order valence-electron chi connectivity index (χ3n) is 3.61. The van der Waals surface area contributed by atoms with E-state index in [0.29, 0.717) is 5.88 Å². The maximum Gasteiger partial charge on any atom is 0.315 e. The molecule has 0 saturated heterocycles. The van der Waals surface area contributed by atoms with Crippen molar-refractivity contribution in [3.05, 3.63) is 42.1 Å². The highest BCUT2D eigenvalue weighted by molar-refractivity contribution is 5.74. The zero-order valence-electron chi connectivity index (χ0n) is 13.6. The van der Waals surface area contributed by atoms with Gasteiger partial charge in [-0.05, 0) is 31.9 Å². The van der Waals surface area contributed by atoms with E-state index in [-0.39, 0.29) is 11.9 Å². The molecular weight excluding hydrogens is 276 g/mol. The zero-order chi connectivity index (χ0) is 15.9. The first kappa shape index (κ1) is 16.3. The third kappa shape index (κ3) is 3.97. The van der Waals surface area contributed by atoms with Crippen molar-refractivity contribution >= 4 is 5.97 Å². The fourth-order valence-electron chi connectivity index (χ4n) is 2.57. The molecule has 0 atom stereocenters. The molecule has 0 fully saturated rings. The van der Waals surface area contributed by atoms with Gasteiger partial charge in [0.25, 0.3) is 0 Å². The first-order valence-electron chi connectivity index (χ1n) is 7.99. The van der Waals surface area contributed by atoms with Crippen molar-refractivity contribution < 1.29 is 9.53 Å². The predicted molar refractivity (Wildman–Crippen MR) is 87.2 cm³/mol. The van der Waals surface area contributed by atoms with Crippen molar-refractivity contribution in [1.29, 1.82) is 0 Å². The summed E-state index contributed by atoms with van der Waals surface area (Å²) in [6.45, 7) is 6.08. The van der Waals surface area contributed by atoms with Crippen LogP contribution in [-0.2, 0) is 4.79 Å². The summed E-state index contributed by atoms with van der Waals surface area (Å²) in [7, 11) is 0. The van der Waals surface area contributed by atoms with E-state index in [1.807, 2.05) is 37.3 Å². The normalized spacial score (nSPS) is 10.9. The third-order valence-corrected chi connectivity index (χ3v) is 3.61. The lowest BCUT2D eigenvalue weighted by Gasteiger charge is -2.14. The fourth-order valence-corrected chi connectivity index (χ4v) is 2.57. The Morgan fingerprint density at radius 1 is 1.18 bits per heavy atom. The molecule has 4 heteroatoms. The number of para-hydroxylation sites is 1. The summed E-state index contributed by atoms with van der Waals surface area (Å²) in [5.41, 5.74) is 1.72. The van der Waals surface area contributed by atoms with Crippen LogP contribution in [0.2, 0.25) is 0 Å². The molecule has 0 radical (unpaired) electrons. The van der Waals surface area contributed by atoms with Gasteiger partial charge in [-0.15, -0.1) is 0 Å². The van der Waals surface area contributed by atoms with Crippen LogP contribution in [0.4, 0.5) is 0 Å². The molecule has 2 aromatic rings. The van der Waals surface area contributed by atoms with Gasteiger partial charge in [0.1, 0.15) is 0 Å². The summed E-state index contributed by atoms with van der Waals surface area (Å²) < 4.78 is 7.33. The monoisotopic (exact) mass is 300 g/mol. The van der Waals surface area contributed by atoms with E-state index in [1.54, 1.807) is 10.7 Å². The molecule has 1 aromatic carbocycles. The molecule has 0 aliphatic rings. The predicted octanol–water partition coefficient (Wildman–Crippen LogP) is 4.30. The highest BCUT2D eigenvalue weighted by atomic mass is 16.5. The van der Waals surface area contributed by atoms with E-state index in [2.05, 4.69) is 18.9 Å². The number of hydrogen-bond acceptors (Lipinski definition) is 3. The maximum absolute atomic E-state index is 12.4. The minimum Gasteiger partial charge on any atom is -0.407 e. The van der Waals surface area contributed by atoms with E-state index < -0.39 is 0 Å². The van der Waals surface area contributed by atoms with Crippen molar-refractivity contribution in [2.24, 2.45) is 5.92 Å². The molecule has 0 amide bonds. The van der Waals surface area contributed by atoms with Gasteiger partial charge in [0.15, 0.2) is 0 Å². The molecule has 1 aromatic heterocycles. The second-order valence-corrected chi connectivity index (χ2v) is 5.57. The maximum atomic E-state index is 12.4. The Bertz CT molecular complexity index is 599. The Balaban J connectivity index is 2.21. The lowest BCUT2D eigenvalue weighted by Crippen LogP contribution is -2.21. The van der Waals surface area contributed by atoms with E-state index >= 15 is 0 Å². The van der Waals surface area contributed by atoms with Gasteiger partial charge in [0, 0.05) is 6.07 Å². The summed E-state index contributed by atoms with van der Waals surface area (Å²) >= 11 is 0. The van der Waals surface area contributed by atoms with Crippen LogP contribution in [0.1, 0.15) is 45.2 Å². The van der Waals surface area contributed by atoms with E-state index in [9.17, 15) is 4.79 Å². The number of hydrogen-bond donors (Lipinski definition) is 0. The van der Waals surface area contributed by atoms with Gasteiger partial charge in [-0.2, -0.15) is 5.10 Å². The quantitative estimate of drug-likeness (QED) is 0.716. The number of aromatic nitrogens is 2. The first-order chi connectivity index (χ1) is 10.7. The van der Waals surface area contributed by atoms with E-state index in [0.717, 1.165) is 37.1 Å². The number of carbonyl (C=O) groups is 1. The average molecular weight is 300 g/mol. The highest BCUT2D eigenvalue weighted by Gasteiger charge is 2.21. The molecule has 0 aliphatic carbocycles. The molecule has 0 N–H and O–H groups in total. The standard InChI is InChI=1S/C18H24N2O2/c1-4-9-15(10-5-2)18(21)22-17-13-14(3)19-20(17)16-11-7-6-8-12-16/h6-8,11-13,15H,4-5,9-10H2,1-3H3. The molecule has 2 rings (SSSR count). The largest absolute Gasteiger partial charge is 0.407 e. The molecule has 0 aliphatic heterocycles. The number of carbonyl (C=O) groups excluding carboxylic acids is 1. The van der Waals surface area contributed by atoms with E-state index in [1.165, 1.54) is 0 Å². The highest BCUT2D eigenvalue weighted by Crippen LogP contribution is 2.22. The van der Waals surface area contributed by atoms with Gasteiger partial charge in [-0.25, -0.2) is 4.68 Å². The van der Waals surface area contributed by atoms with Crippen LogP contribution in [0.5, 0.6) is 5.88 Å². The molecule has 118 valence electrons. The van der Waals surface area contributed by atoms with Crippen LogP contribution in [-0.4, -0.2) is 15.7 Å². The van der Waals surface area contributed by atoms with Crippen LogP contribution in [0.25, 0.3) is 5.69 Å². The summed E-state index contributed by atoms with van der Waals surface area (Å²) in [6, 6.07) is 11.5. The lowest BCUT2D eigenvalue weighted by molar-refractivity contribution is -0.139. The minimum atomic E-state index is -0.152. The molecule has 1 heterocycles. The molecule has 0 bridgehead atoms. The topological polar surface area (TPSA) is 44.1 Å². The van der Waals surface area contributed by atoms with Crippen LogP contribution in [0, 0.1) is 12.8 Å². The Kier molecular flexibility index (Phi) is 5.75. The van der Waals surface area contributed by atoms with E-state index in [4.69, 9.17) is 4.74 Å².